The van der Waals surface area contributed by atoms with E-state index in [0.29, 0.717) is 22.8 Å². The number of nitrogens with zero attached hydrogens (tertiary/aromatic N) is 4. The number of carbonyl (C=O) groups is 1. The molecular formula is C29H30N8O5S. The van der Waals surface area contributed by atoms with Gasteiger partial charge in [0.1, 0.15) is 22.6 Å². The molecule has 0 aliphatic heterocycles. The van der Waals surface area contributed by atoms with Crippen LogP contribution in [0.4, 0.5) is 22.9 Å². The molecule has 5 N–H and O–H groups in total. The number of anilines is 4. The number of fused-ring (bicyclic) bond motifs is 1. The van der Waals surface area contributed by atoms with Gasteiger partial charge in [-0.05, 0) is 49.7 Å². The summed E-state index contributed by atoms with van der Waals surface area (Å²) in [5, 5.41) is 10.7. The maximum Gasteiger partial charge on any atom is 0.282 e. The number of methoxy groups -OCH3 is 1. The number of rotatable bonds is 9. The molecule has 3 aromatic heterocycles. The second kappa shape index (κ2) is 11.5. The van der Waals surface area contributed by atoms with Gasteiger partial charge < -0.3 is 21.1 Å². The Hall–Kier alpha value is -5.37. The van der Waals surface area contributed by atoms with Crippen molar-refractivity contribution >= 4 is 44.3 Å². The van der Waals surface area contributed by atoms with Gasteiger partial charge in [-0.15, -0.1) is 0 Å². The number of aromatic nitrogens is 4. The molecule has 13 nitrogen and oxygen atoms in total. The van der Waals surface area contributed by atoms with Crippen LogP contribution in [0.15, 0.2) is 77.9 Å². The number of ether oxygens (including phenoxy) is 1. The van der Waals surface area contributed by atoms with Crippen molar-refractivity contribution in [2.45, 2.75) is 19.9 Å². The molecule has 222 valence electrons. The molecule has 0 aliphatic carbocycles. The molecule has 3 heterocycles. The maximum atomic E-state index is 13.7. The highest BCUT2D eigenvalue weighted by molar-refractivity contribution is 7.92. The maximum absolute atomic E-state index is 13.7. The van der Waals surface area contributed by atoms with Crippen LogP contribution in [0.1, 0.15) is 34.7 Å². The van der Waals surface area contributed by atoms with E-state index in [0.717, 1.165) is 11.8 Å². The lowest BCUT2D eigenvalue weighted by molar-refractivity contribution is 0.102. The summed E-state index contributed by atoms with van der Waals surface area (Å²) in [6.07, 6.45) is 4.19. The molecule has 0 unspecified atom stereocenters. The smallest absolute Gasteiger partial charge is 0.282 e. The fourth-order valence-electron chi connectivity index (χ4n) is 4.69. The Balaban J connectivity index is 1.52. The summed E-state index contributed by atoms with van der Waals surface area (Å²) in [4.78, 5) is 31.6. The van der Waals surface area contributed by atoms with E-state index in [1.807, 2.05) is 43.3 Å². The van der Waals surface area contributed by atoms with Crippen LogP contribution in [0, 0.1) is 6.92 Å². The fourth-order valence-corrected chi connectivity index (χ4v) is 5.23. The first-order valence-corrected chi connectivity index (χ1v) is 15.0. The van der Waals surface area contributed by atoms with E-state index < -0.39 is 22.0 Å². The molecule has 0 saturated carbocycles. The number of amides is 1. The molecule has 5 aromatic rings. The number of nitrogens with two attached hydrogens (primary N) is 1. The van der Waals surface area contributed by atoms with E-state index in [1.54, 1.807) is 13.1 Å². The van der Waals surface area contributed by atoms with Crippen molar-refractivity contribution in [3.05, 3.63) is 100 Å². The zero-order valence-corrected chi connectivity index (χ0v) is 24.6. The van der Waals surface area contributed by atoms with Gasteiger partial charge in [-0.3, -0.25) is 18.9 Å². The predicted molar refractivity (Wildman–Crippen MR) is 166 cm³/mol. The third-order valence-electron chi connectivity index (χ3n) is 6.58. The van der Waals surface area contributed by atoms with E-state index >= 15 is 0 Å². The van der Waals surface area contributed by atoms with Gasteiger partial charge in [0.25, 0.3) is 11.5 Å². The molecule has 2 aromatic carbocycles. The monoisotopic (exact) mass is 602 g/mol. The highest BCUT2D eigenvalue weighted by Gasteiger charge is 2.23. The second-order valence-electron chi connectivity index (χ2n) is 9.89. The van der Waals surface area contributed by atoms with E-state index in [1.165, 1.54) is 46.7 Å². The average Bonchev–Trinajstić information content (AvgIpc) is 3.33. The van der Waals surface area contributed by atoms with Gasteiger partial charge in [0.2, 0.25) is 10.0 Å². The highest BCUT2D eigenvalue weighted by atomic mass is 32.2. The quantitative estimate of drug-likeness (QED) is 0.197. The molecule has 5 rings (SSSR count). The number of carbonyl (C=O) groups excluding carboxylic acids is 1. The van der Waals surface area contributed by atoms with E-state index in [2.05, 4.69) is 20.3 Å². The lowest BCUT2D eigenvalue weighted by Crippen LogP contribution is -2.30. The van der Waals surface area contributed by atoms with Crippen LogP contribution in [0.25, 0.3) is 11.2 Å². The number of aryl methyl sites for hydroxylation is 1. The number of hydrogen-bond donors (Lipinski definition) is 4. The standard InChI is InChI=1S/C29H30N8O5S/c1-17-11-13-36-25(17)29(39)37(21-8-6-5-7-9-21)27(34-36)18(2)32-26-24(23(30)10-12-31-26)28(38)33-19-14-20(35-43(4,40)41)16-22(15-19)42-3/h5-16,18,35H,1-4H3,(H,33,38)(H3,30,31,32)/t18-/m0/s1. The molecule has 0 spiro atoms. The Labute approximate surface area is 247 Å². The third kappa shape index (κ3) is 6.13. The van der Waals surface area contributed by atoms with Gasteiger partial charge in [-0.25, -0.2) is 17.9 Å². The first-order chi connectivity index (χ1) is 20.4. The van der Waals surface area contributed by atoms with E-state index in [-0.39, 0.29) is 34.0 Å². The van der Waals surface area contributed by atoms with Gasteiger partial charge in [0.15, 0.2) is 5.82 Å². The minimum absolute atomic E-state index is 0.0429. The number of sulfonamides is 1. The van der Waals surface area contributed by atoms with Gasteiger partial charge in [0, 0.05) is 35.9 Å². The Morgan fingerprint density at radius 2 is 1.79 bits per heavy atom. The topological polar surface area (TPSA) is 175 Å². The number of nitrogen functional groups attached to an aromatic ring is 1. The summed E-state index contributed by atoms with van der Waals surface area (Å²) < 4.78 is 34.2. The molecule has 0 bridgehead atoms. The predicted octanol–water partition coefficient (Wildman–Crippen LogP) is 3.58. The minimum atomic E-state index is -3.58. The largest absolute Gasteiger partial charge is 0.497 e. The first kappa shape index (κ1) is 29.1. The summed E-state index contributed by atoms with van der Waals surface area (Å²) in [5.74, 6) is 0.235. The molecule has 43 heavy (non-hydrogen) atoms. The van der Waals surface area contributed by atoms with Crippen LogP contribution in [-0.4, -0.2) is 46.9 Å². The van der Waals surface area contributed by atoms with Crippen LogP contribution in [0.3, 0.4) is 0 Å². The van der Waals surface area contributed by atoms with Crippen LogP contribution in [-0.2, 0) is 10.0 Å². The van der Waals surface area contributed by atoms with Gasteiger partial charge in [-0.1, -0.05) is 18.2 Å². The molecule has 0 fully saturated rings. The number of nitrogens with one attached hydrogen (secondary N) is 3. The molecule has 1 atom stereocenters. The molecular weight excluding hydrogens is 572 g/mol. The SMILES string of the molecule is COc1cc(NC(=O)c2c(N)ccnc2N[C@@H](C)c2nn3ccc(C)c3c(=O)n2-c2ccccc2)cc(NS(C)(=O)=O)c1. The van der Waals surface area contributed by atoms with Crippen molar-refractivity contribution in [2.75, 3.05) is 34.5 Å². The zero-order chi connectivity index (χ0) is 30.9. The molecule has 14 heteroatoms. The summed E-state index contributed by atoms with van der Waals surface area (Å²) in [6.45, 7) is 3.64. The first-order valence-electron chi connectivity index (χ1n) is 13.1. The van der Waals surface area contributed by atoms with Gasteiger partial charge in [0.05, 0.1) is 30.8 Å². The van der Waals surface area contributed by atoms with Crippen molar-refractivity contribution < 1.29 is 17.9 Å². The zero-order valence-electron chi connectivity index (χ0n) is 23.8. The van der Waals surface area contributed by atoms with Crippen LogP contribution in [0.2, 0.25) is 0 Å². The molecule has 0 saturated heterocycles. The number of hydrogen-bond acceptors (Lipinski definition) is 9. The number of benzene rings is 2. The third-order valence-corrected chi connectivity index (χ3v) is 7.19. The summed E-state index contributed by atoms with van der Waals surface area (Å²) >= 11 is 0. The Bertz CT molecular complexity index is 2010. The fraction of sp³-hybridized carbons (Fsp3) is 0.172. The summed E-state index contributed by atoms with van der Waals surface area (Å²) in [6, 6.07) is 16.3. The summed E-state index contributed by atoms with van der Waals surface area (Å²) in [7, 11) is -2.16. The lowest BCUT2D eigenvalue weighted by atomic mass is 10.1. The second-order valence-corrected chi connectivity index (χ2v) is 11.6. The lowest BCUT2D eigenvalue weighted by Gasteiger charge is -2.21. The molecule has 1 amide bonds. The van der Waals surface area contributed by atoms with E-state index in [4.69, 9.17) is 15.6 Å². The Kier molecular flexibility index (Phi) is 7.78. The van der Waals surface area contributed by atoms with Crippen molar-refractivity contribution in [1.82, 2.24) is 19.2 Å². The number of pyridine rings is 1. The van der Waals surface area contributed by atoms with Crippen molar-refractivity contribution in [2.24, 2.45) is 0 Å². The van der Waals surface area contributed by atoms with Gasteiger partial charge in [-0.2, -0.15) is 5.10 Å². The van der Waals surface area contributed by atoms with Crippen molar-refractivity contribution in [3.8, 4) is 11.4 Å². The Morgan fingerprint density at radius 1 is 1.07 bits per heavy atom. The number of para-hydroxylation sites is 1. The van der Waals surface area contributed by atoms with Gasteiger partial charge >= 0.3 is 0 Å². The molecule has 0 radical (unpaired) electrons. The average molecular weight is 603 g/mol. The van der Waals surface area contributed by atoms with Crippen LogP contribution >= 0.6 is 0 Å². The minimum Gasteiger partial charge on any atom is -0.497 e. The summed E-state index contributed by atoms with van der Waals surface area (Å²) in [5.41, 5.74) is 8.51. The van der Waals surface area contributed by atoms with Crippen molar-refractivity contribution in [3.63, 3.8) is 0 Å². The van der Waals surface area contributed by atoms with Crippen molar-refractivity contribution in [1.29, 1.82) is 0 Å². The molecule has 0 aliphatic rings. The normalized spacial score (nSPS) is 12.1. The van der Waals surface area contributed by atoms with Crippen LogP contribution < -0.4 is 31.4 Å². The highest BCUT2D eigenvalue weighted by Crippen LogP contribution is 2.29. The Morgan fingerprint density at radius 3 is 2.49 bits per heavy atom. The van der Waals surface area contributed by atoms with Crippen LogP contribution in [0.5, 0.6) is 5.75 Å². The van der Waals surface area contributed by atoms with E-state index in [9.17, 15) is 18.0 Å².